The highest BCUT2D eigenvalue weighted by molar-refractivity contribution is 6.35. The van der Waals surface area contributed by atoms with Gasteiger partial charge in [-0.25, -0.2) is 4.98 Å². The molecule has 0 bridgehead atoms. The highest BCUT2D eigenvalue weighted by atomic mass is 35.5. The van der Waals surface area contributed by atoms with Crippen LogP contribution in [-0.4, -0.2) is 34.1 Å². The number of benzene rings is 1. The Morgan fingerprint density at radius 2 is 2.10 bits per heavy atom. The average Bonchev–Trinajstić information content (AvgIpc) is 2.73. The molecule has 2 aromatic rings. The molecule has 1 atom stereocenters. The second-order valence-electron chi connectivity index (χ2n) is 6.25. The minimum absolute atomic E-state index is 0.132. The summed E-state index contributed by atoms with van der Waals surface area (Å²) >= 11 is 12.8. The molecule has 1 aromatic carbocycles. The number of aromatic nitrogens is 2. The highest BCUT2D eigenvalue weighted by Crippen LogP contribution is 2.40. The van der Waals surface area contributed by atoms with Gasteiger partial charge in [0.1, 0.15) is 5.82 Å². The van der Waals surface area contributed by atoms with Crippen LogP contribution in [0.1, 0.15) is 37.4 Å². The van der Waals surface area contributed by atoms with E-state index >= 15 is 0 Å². The third kappa shape index (κ3) is 2.45. The molecule has 0 saturated heterocycles. The van der Waals surface area contributed by atoms with Gasteiger partial charge in [-0.3, -0.25) is 0 Å². The van der Waals surface area contributed by atoms with Crippen LogP contribution in [0.2, 0.25) is 5.02 Å². The van der Waals surface area contributed by atoms with Gasteiger partial charge in [0.2, 0.25) is 0 Å². The maximum absolute atomic E-state index is 6.43. The van der Waals surface area contributed by atoms with Crippen molar-refractivity contribution in [1.29, 1.82) is 0 Å². The molecule has 0 aliphatic heterocycles. The van der Waals surface area contributed by atoms with E-state index in [4.69, 9.17) is 28.2 Å². The summed E-state index contributed by atoms with van der Waals surface area (Å²) in [4.78, 5) is 7.04. The molecule has 3 rings (SSSR count). The fraction of sp³-hybridized carbons (Fsp3) is 0.562. The number of para-hydroxylation sites is 1. The van der Waals surface area contributed by atoms with Crippen molar-refractivity contribution in [2.24, 2.45) is 0 Å². The van der Waals surface area contributed by atoms with Crippen LogP contribution in [0.4, 0.5) is 0 Å². The summed E-state index contributed by atoms with van der Waals surface area (Å²) in [6, 6.07) is 5.87. The number of halogens is 2. The third-order valence-corrected chi connectivity index (χ3v) is 5.29. The molecule has 21 heavy (non-hydrogen) atoms. The van der Waals surface area contributed by atoms with Crippen molar-refractivity contribution in [2.75, 3.05) is 14.1 Å². The molecule has 114 valence electrons. The Morgan fingerprint density at radius 1 is 1.38 bits per heavy atom. The third-order valence-electron chi connectivity index (χ3n) is 4.79. The molecular weight excluding hydrogens is 305 g/mol. The normalized spacial score (nSPS) is 19.0. The molecule has 5 heteroatoms. The van der Waals surface area contributed by atoms with Crippen molar-refractivity contribution < 1.29 is 0 Å². The molecule has 1 aromatic heterocycles. The summed E-state index contributed by atoms with van der Waals surface area (Å²) < 4.78 is 2.23. The molecule has 1 unspecified atom stereocenters. The van der Waals surface area contributed by atoms with Crippen LogP contribution in [0.3, 0.4) is 0 Å². The van der Waals surface area contributed by atoms with Gasteiger partial charge in [0.15, 0.2) is 0 Å². The molecule has 0 amide bonds. The summed E-state index contributed by atoms with van der Waals surface area (Å²) in [5, 5.41) is 0.615. The Kier molecular flexibility index (Phi) is 3.93. The van der Waals surface area contributed by atoms with Crippen molar-refractivity contribution in [3.8, 4) is 0 Å². The first-order chi connectivity index (χ1) is 9.94. The fourth-order valence-corrected chi connectivity index (χ4v) is 3.69. The summed E-state index contributed by atoms with van der Waals surface area (Å²) in [5.74, 6) is 0.910. The van der Waals surface area contributed by atoms with Crippen LogP contribution in [-0.2, 0) is 6.54 Å². The highest BCUT2D eigenvalue weighted by Gasteiger charge is 2.40. The van der Waals surface area contributed by atoms with Gasteiger partial charge in [0, 0.05) is 12.1 Å². The lowest BCUT2D eigenvalue weighted by Gasteiger charge is -2.48. The largest absolute Gasteiger partial charge is 0.324 e. The van der Waals surface area contributed by atoms with Gasteiger partial charge < -0.3 is 9.47 Å². The Hall–Kier alpha value is -0.770. The smallest absolute Gasteiger partial charge is 0.127 e. The van der Waals surface area contributed by atoms with E-state index in [9.17, 15) is 0 Å². The molecule has 1 heterocycles. The summed E-state index contributed by atoms with van der Waals surface area (Å²) in [6.45, 7) is 2.86. The van der Waals surface area contributed by atoms with E-state index in [2.05, 4.69) is 23.6 Å². The van der Waals surface area contributed by atoms with Gasteiger partial charge >= 0.3 is 0 Å². The van der Waals surface area contributed by atoms with E-state index in [0.717, 1.165) is 28.4 Å². The quantitative estimate of drug-likeness (QED) is 0.773. The molecule has 1 fully saturated rings. The first-order valence-corrected chi connectivity index (χ1v) is 8.22. The minimum Gasteiger partial charge on any atom is -0.324 e. The van der Waals surface area contributed by atoms with Crippen LogP contribution < -0.4 is 0 Å². The topological polar surface area (TPSA) is 21.1 Å². The van der Waals surface area contributed by atoms with E-state index in [1.165, 1.54) is 19.3 Å². The number of likely N-dealkylation sites (N-methyl/N-ethyl adjacent to an activating group) is 1. The predicted molar refractivity (Wildman–Crippen MR) is 89.3 cm³/mol. The van der Waals surface area contributed by atoms with E-state index < -0.39 is 0 Å². The zero-order chi connectivity index (χ0) is 15.2. The first-order valence-electron chi connectivity index (χ1n) is 7.41. The number of hydrogen-bond acceptors (Lipinski definition) is 2. The fourth-order valence-electron chi connectivity index (χ4n) is 3.25. The van der Waals surface area contributed by atoms with Crippen molar-refractivity contribution >= 4 is 34.2 Å². The second-order valence-corrected chi connectivity index (χ2v) is 7.31. The van der Waals surface area contributed by atoms with Crippen LogP contribution in [0, 0.1) is 0 Å². The van der Waals surface area contributed by atoms with Gasteiger partial charge in [-0.2, -0.15) is 0 Å². The molecule has 1 aliphatic rings. The minimum atomic E-state index is -0.132. The molecular formula is C16H21Cl2N3. The Morgan fingerprint density at radius 3 is 2.62 bits per heavy atom. The summed E-state index contributed by atoms with van der Waals surface area (Å²) in [5.41, 5.74) is 2.14. The standard InChI is InChI=1S/C16H21Cl2N3/c1-11(17)15-19-13-7-4-6-12(18)14(13)21(15)10-16(20(2)3)8-5-9-16/h4,6-7,11H,5,8-10H2,1-3H3. The monoisotopic (exact) mass is 325 g/mol. The van der Waals surface area contributed by atoms with Gasteiger partial charge in [0.25, 0.3) is 0 Å². The Balaban J connectivity index is 2.13. The van der Waals surface area contributed by atoms with Crippen molar-refractivity contribution in [2.45, 2.75) is 43.6 Å². The molecule has 0 radical (unpaired) electrons. The van der Waals surface area contributed by atoms with Crippen molar-refractivity contribution in [1.82, 2.24) is 14.5 Å². The van der Waals surface area contributed by atoms with Gasteiger partial charge in [-0.05, 0) is 52.4 Å². The maximum atomic E-state index is 6.43. The summed E-state index contributed by atoms with van der Waals surface area (Å²) in [6.07, 6.45) is 3.70. The number of fused-ring (bicyclic) bond motifs is 1. The van der Waals surface area contributed by atoms with Crippen LogP contribution in [0.15, 0.2) is 18.2 Å². The van der Waals surface area contributed by atoms with Gasteiger partial charge in [0.05, 0.1) is 21.4 Å². The lowest BCUT2D eigenvalue weighted by Crippen LogP contribution is -2.53. The molecule has 1 aliphatic carbocycles. The summed E-state index contributed by atoms with van der Waals surface area (Å²) in [7, 11) is 4.31. The number of alkyl halides is 1. The Labute approximate surface area is 135 Å². The maximum Gasteiger partial charge on any atom is 0.127 e. The van der Waals surface area contributed by atoms with Crippen LogP contribution in [0.25, 0.3) is 11.0 Å². The first kappa shape index (κ1) is 15.1. The number of nitrogens with zero attached hydrogens (tertiary/aromatic N) is 3. The zero-order valence-corrected chi connectivity index (χ0v) is 14.2. The van der Waals surface area contributed by atoms with E-state index in [1.54, 1.807) is 0 Å². The van der Waals surface area contributed by atoms with Gasteiger partial charge in [-0.1, -0.05) is 17.7 Å². The van der Waals surface area contributed by atoms with Crippen LogP contribution in [0.5, 0.6) is 0 Å². The number of rotatable bonds is 4. The lowest BCUT2D eigenvalue weighted by atomic mass is 9.75. The van der Waals surface area contributed by atoms with Crippen molar-refractivity contribution in [3.63, 3.8) is 0 Å². The molecule has 0 spiro atoms. The Bertz CT molecular complexity index is 657. The zero-order valence-electron chi connectivity index (χ0n) is 12.7. The predicted octanol–water partition coefficient (Wildman–Crippen LogP) is 4.47. The van der Waals surface area contributed by atoms with E-state index in [-0.39, 0.29) is 10.9 Å². The van der Waals surface area contributed by atoms with Crippen molar-refractivity contribution in [3.05, 3.63) is 29.0 Å². The average molecular weight is 326 g/mol. The SMILES string of the molecule is CC(Cl)c1nc2cccc(Cl)c2n1CC1(N(C)C)CCC1. The number of imidazole rings is 1. The molecule has 0 N–H and O–H groups in total. The molecule has 3 nitrogen and oxygen atoms in total. The van der Waals surface area contributed by atoms with E-state index in [1.807, 2.05) is 25.1 Å². The number of hydrogen-bond donors (Lipinski definition) is 0. The molecule has 1 saturated carbocycles. The van der Waals surface area contributed by atoms with E-state index in [0.29, 0.717) is 0 Å². The van der Waals surface area contributed by atoms with Gasteiger partial charge in [-0.15, -0.1) is 11.6 Å². The lowest BCUT2D eigenvalue weighted by molar-refractivity contribution is 0.0427. The second kappa shape index (κ2) is 5.45. The van der Waals surface area contributed by atoms with Crippen LogP contribution >= 0.6 is 23.2 Å².